The van der Waals surface area contributed by atoms with E-state index in [-0.39, 0.29) is 18.8 Å². The summed E-state index contributed by atoms with van der Waals surface area (Å²) in [6.07, 6.45) is 1.43. The molecule has 3 aromatic rings. The smallest absolute Gasteiger partial charge is 0.326 e. The number of para-hydroxylation sites is 1. The van der Waals surface area contributed by atoms with Gasteiger partial charge < -0.3 is 36.9 Å². The van der Waals surface area contributed by atoms with E-state index in [2.05, 4.69) is 20.9 Å². The third-order valence-corrected chi connectivity index (χ3v) is 7.20. The van der Waals surface area contributed by atoms with E-state index in [0.717, 1.165) is 10.9 Å². The maximum atomic E-state index is 13.4. The van der Waals surface area contributed by atoms with Crippen LogP contribution in [0.3, 0.4) is 0 Å². The zero-order chi connectivity index (χ0) is 30.8. The molecule has 0 aliphatic carbocycles. The molecule has 12 nitrogen and oxygen atoms in total. The van der Waals surface area contributed by atoms with Crippen LogP contribution in [-0.4, -0.2) is 69.0 Å². The Bertz CT molecular complexity index is 1410. The Morgan fingerprint density at radius 1 is 0.810 bits per heavy atom. The number of fused-ring (bicyclic) bond motifs is 1. The number of aromatic nitrogens is 1. The van der Waals surface area contributed by atoms with E-state index in [4.69, 9.17) is 5.73 Å². The number of carbonyl (C=O) groups is 5. The molecule has 0 radical (unpaired) electrons. The van der Waals surface area contributed by atoms with Crippen LogP contribution >= 0.6 is 0 Å². The minimum atomic E-state index is -1.61. The van der Waals surface area contributed by atoms with Crippen molar-refractivity contribution in [2.45, 2.75) is 63.7 Å². The molecule has 1 aromatic heterocycles. The molecule has 5 atom stereocenters. The summed E-state index contributed by atoms with van der Waals surface area (Å²) in [4.78, 5) is 66.2. The summed E-state index contributed by atoms with van der Waals surface area (Å²) in [5, 5.41) is 27.5. The fraction of sp³-hybridized carbons (Fsp3) is 0.367. The fourth-order valence-corrected chi connectivity index (χ4v) is 4.49. The highest BCUT2D eigenvalue weighted by Crippen LogP contribution is 2.19. The number of hydrogen-bond acceptors (Lipinski definition) is 6. The Kier molecular flexibility index (Phi) is 11.2. The van der Waals surface area contributed by atoms with Crippen molar-refractivity contribution in [2.24, 2.45) is 11.7 Å². The molecule has 3 rings (SSSR count). The Morgan fingerprint density at radius 2 is 1.40 bits per heavy atom. The van der Waals surface area contributed by atoms with Gasteiger partial charge in [0.2, 0.25) is 17.7 Å². The summed E-state index contributed by atoms with van der Waals surface area (Å²) in [5.41, 5.74) is 8.20. The van der Waals surface area contributed by atoms with Crippen LogP contribution < -0.4 is 21.7 Å². The molecule has 0 aliphatic heterocycles. The zero-order valence-electron chi connectivity index (χ0n) is 23.5. The maximum absolute atomic E-state index is 13.4. The molecular formula is C30H37N5O7. The number of nitrogens with two attached hydrogens (primary N) is 1. The van der Waals surface area contributed by atoms with Gasteiger partial charge in [-0.2, -0.15) is 0 Å². The summed E-state index contributed by atoms with van der Waals surface area (Å²) in [5.74, 6) is -5.25. The van der Waals surface area contributed by atoms with Crippen LogP contribution in [0.25, 0.3) is 10.9 Å². The van der Waals surface area contributed by atoms with Gasteiger partial charge in [-0.3, -0.25) is 19.2 Å². The number of H-pyrrole nitrogens is 1. The molecule has 0 fully saturated rings. The van der Waals surface area contributed by atoms with Gasteiger partial charge in [0.25, 0.3) is 0 Å². The Morgan fingerprint density at radius 3 is 2.05 bits per heavy atom. The highest BCUT2D eigenvalue weighted by atomic mass is 16.4. The maximum Gasteiger partial charge on any atom is 0.326 e. The van der Waals surface area contributed by atoms with E-state index in [1.54, 1.807) is 49.5 Å². The molecule has 1 heterocycles. The molecule has 5 unspecified atom stereocenters. The molecule has 0 spiro atoms. The Hall–Kier alpha value is -4.71. The predicted molar refractivity (Wildman–Crippen MR) is 155 cm³/mol. The number of carboxylic acid groups (broad SMARTS) is 2. The van der Waals surface area contributed by atoms with Crippen molar-refractivity contribution in [2.75, 3.05) is 0 Å². The van der Waals surface area contributed by atoms with Gasteiger partial charge in [-0.15, -0.1) is 0 Å². The first-order valence-electron chi connectivity index (χ1n) is 13.7. The van der Waals surface area contributed by atoms with Crippen LogP contribution in [-0.2, 0) is 36.8 Å². The molecule has 0 aliphatic rings. The number of carbonyl (C=O) groups excluding carboxylic acids is 3. The number of aromatic amines is 1. The van der Waals surface area contributed by atoms with Crippen molar-refractivity contribution >= 4 is 40.6 Å². The topological polar surface area (TPSA) is 204 Å². The molecule has 0 saturated carbocycles. The minimum absolute atomic E-state index is 0.0470. The lowest BCUT2D eigenvalue weighted by atomic mass is 9.98. The van der Waals surface area contributed by atoms with Crippen LogP contribution in [0.5, 0.6) is 0 Å². The van der Waals surface area contributed by atoms with Gasteiger partial charge >= 0.3 is 11.9 Å². The first-order valence-corrected chi connectivity index (χ1v) is 13.7. The van der Waals surface area contributed by atoms with Gasteiger partial charge in [0, 0.05) is 29.9 Å². The minimum Gasteiger partial charge on any atom is -0.481 e. The molecule has 8 N–H and O–H groups in total. The first kappa shape index (κ1) is 31.8. The summed E-state index contributed by atoms with van der Waals surface area (Å²) in [6.45, 7) is 3.68. The van der Waals surface area contributed by atoms with Crippen LogP contribution in [0.4, 0.5) is 0 Å². The van der Waals surface area contributed by atoms with Crippen molar-refractivity contribution in [1.29, 1.82) is 0 Å². The van der Waals surface area contributed by atoms with Gasteiger partial charge in [-0.1, -0.05) is 68.8 Å². The lowest BCUT2D eigenvalue weighted by molar-refractivity contribution is -0.143. The lowest BCUT2D eigenvalue weighted by Gasteiger charge is -2.25. The van der Waals surface area contributed by atoms with Crippen molar-refractivity contribution < 1.29 is 34.2 Å². The zero-order valence-corrected chi connectivity index (χ0v) is 23.5. The molecule has 3 amide bonds. The number of carboxylic acids is 2. The van der Waals surface area contributed by atoms with Crippen molar-refractivity contribution in [3.63, 3.8) is 0 Å². The molecule has 42 heavy (non-hydrogen) atoms. The normalized spacial score (nSPS) is 14.6. The lowest BCUT2D eigenvalue weighted by Crippen LogP contribution is -2.58. The highest BCUT2D eigenvalue weighted by Gasteiger charge is 2.32. The van der Waals surface area contributed by atoms with E-state index in [9.17, 15) is 34.2 Å². The summed E-state index contributed by atoms with van der Waals surface area (Å²) < 4.78 is 0. The number of aliphatic carboxylic acids is 2. The molecular weight excluding hydrogens is 542 g/mol. The monoisotopic (exact) mass is 579 g/mol. The van der Waals surface area contributed by atoms with Crippen molar-refractivity contribution in [3.8, 4) is 0 Å². The first-order chi connectivity index (χ1) is 20.0. The van der Waals surface area contributed by atoms with Crippen LogP contribution in [0.15, 0.2) is 60.8 Å². The van der Waals surface area contributed by atoms with E-state index in [0.29, 0.717) is 17.5 Å². The Balaban J connectivity index is 1.79. The second-order valence-corrected chi connectivity index (χ2v) is 10.3. The van der Waals surface area contributed by atoms with Crippen LogP contribution in [0.1, 0.15) is 37.8 Å². The van der Waals surface area contributed by atoms with E-state index in [1.165, 1.54) is 0 Å². The van der Waals surface area contributed by atoms with Gasteiger partial charge in [0.1, 0.15) is 18.1 Å². The summed E-state index contributed by atoms with van der Waals surface area (Å²) >= 11 is 0. The van der Waals surface area contributed by atoms with Gasteiger partial charge in [-0.05, 0) is 23.1 Å². The van der Waals surface area contributed by atoms with Gasteiger partial charge in [0.05, 0.1) is 12.5 Å². The Labute approximate surface area is 243 Å². The third-order valence-electron chi connectivity index (χ3n) is 7.20. The number of amides is 3. The molecule has 224 valence electrons. The number of nitrogens with one attached hydrogen (secondary N) is 4. The number of rotatable bonds is 15. The average Bonchev–Trinajstić information content (AvgIpc) is 3.38. The van der Waals surface area contributed by atoms with Gasteiger partial charge in [0.15, 0.2) is 0 Å². The van der Waals surface area contributed by atoms with Crippen molar-refractivity contribution in [3.05, 3.63) is 71.9 Å². The van der Waals surface area contributed by atoms with E-state index in [1.807, 2.05) is 25.1 Å². The predicted octanol–water partition coefficient (Wildman–Crippen LogP) is 1.34. The molecule has 12 heteroatoms. The fourth-order valence-electron chi connectivity index (χ4n) is 4.49. The molecule has 0 saturated heterocycles. The second kappa shape index (κ2) is 14.8. The quantitative estimate of drug-likeness (QED) is 0.140. The molecule has 2 aromatic carbocycles. The van der Waals surface area contributed by atoms with Crippen molar-refractivity contribution in [1.82, 2.24) is 20.9 Å². The van der Waals surface area contributed by atoms with Crippen LogP contribution in [0, 0.1) is 5.92 Å². The molecule has 0 bridgehead atoms. The van der Waals surface area contributed by atoms with Gasteiger partial charge in [-0.25, -0.2) is 4.79 Å². The number of hydrogen-bond donors (Lipinski definition) is 7. The SMILES string of the molecule is CCC(C)C(N)C(=O)NC(Cc1ccccc1)C(=O)NC(CC(=O)O)C(=O)NC(Cc1c[nH]c2ccccc12)C(=O)O. The summed E-state index contributed by atoms with van der Waals surface area (Å²) in [7, 11) is 0. The van der Waals surface area contributed by atoms with Crippen LogP contribution in [0.2, 0.25) is 0 Å². The largest absolute Gasteiger partial charge is 0.481 e. The number of benzene rings is 2. The standard InChI is InChI=1S/C30H37N5O7/c1-3-17(2)26(31)29(40)34-22(13-18-9-5-4-6-10-18)27(38)33-23(15-25(36)37)28(39)35-24(30(41)42)14-19-16-32-21-12-8-7-11-20(19)21/h4-12,16-17,22-24,26,32H,3,13-15,31H2,1-2H3,(H,33,38)(H,34,40)(H,35,39)(H,36,37)(H,41,42). The third kappa shape index (κ3) is 8.64. The van der Waals surface area contributed by atoms with E-state index >= 15 is 0 Å². The van der Waals surface area contributed by atoms with E-state index < -0.39 is 60.2 Å². The second-order valence-electron chi connectivity index (χ2n) is 10.3. The summed E-state index contributed by atoms with van der Waals surface area (Å²) in [6, 6.07) is 11.0. The highest BCUT2D eigenvalue weighted by molar-refractivity contribution is 5.96. The average molecular weight is 580 g/mol.